The van der Waals surface area contributed by atoms with Crippen molar-refractivity contribution in [3.8, 4) is 6.07 Å². The van der Waals surface area contributed by atoms with Crippen LogP contribution in [0.2, 0.25) is 13.3 Å². The molecule has 32 heavy (non-hydrogen) atoms. The van der Waals surface area contributed by atoms with Gasteiger partial charge in [0.25, 0.3) is 0 Å². The third-order valence-electron chi connectivity index (χ3n) is 6.03. The van der Waals surface area contributed by atoms with E-state index < -0.39 is 24.9 Å². The molecule has 0 amide bonds. The number of nitrogens with zero attached hydrogens (tertiary/aromatic N) is 1. The van der Waals surface area contributed by atoms with Crippen molar-refractivity contribution in [2.75, 3.05) is 0 Å². The Balaban J connectivity index is 2.47. The van der Waals surface area contributed by atoms with Gasteiger partial charge in [-0.3, -0.25) is 0 Å². The van der Waals surface area contributed by atoms with Crippen LogP contribution in [-0.2, 0) is 3.07 Å². The van der Waals surface area contributed by atoms with Gasteiger partial charge in [-0.05, 0) is 0 Å². The molecule has 3 nitrogen and oxygen atoms in total. The number of aliphatic hydroxyl groups is 1. The summed E-state index contributed by atoms with van der Waals surface area (Å²) in [7, 11) is 0. The van der Waals surface area contributed by atoms with E-state index in [0.717, 1.165) is 16.9 Å². The van der Waals surface area contributed by atoms with Gasteiger partial charge in [-0.25, -0.2) is 0 Å². The molecule has 0 saturated heterocycles. The van der Waals surface area contributed by atoms with E-state index in [0.29, 0.717) is 5.56 Å². The molecule has 0 aliphatic carbocycles. The number of aliphatic hydroxyl groups excluding tert-OH is 1. The molecule has 4 heteroatoms. The van der Waals surface area contributed by atoms with Gasteiger partial charge in [-0.2, -0.15) is 0 Å². The molecule has 2 aromatic carbocycles. The van der Waals surface area contributed by atoms with Gasteiger partial charge in [0.2, 0.25) is 0 Å². The first-order valence-electron chi connectivity index (χ1n) is 12.2. The van der Waals surface area contributed by atoms with Gasteiger partial charge in [0.1, 0.15) is 0 Å². The van der Waals surface area contributed by atoms with Crippen molar-refractivity contribution in [1.29, 1.82) is 5.26 Å². The molecule has 172 valence electrons. The third kappa shape index (κ3) is 8.30. The Bertz CT molecular complexity index is 833. The van der Waals surface area contributed by atoms with E-state index in [2.05, 4.69) is 26.8 Å². The molecule has 0 aliphatic rings. The molecule has 1 N–H and O–H groups in total. The summed E-state index contributed by atoms with van der Waals surface area (Å²) in [6.07, 6.45) is 8.34. The Morgan fingerprint density at radius 2 is 1.44 bits per heavy atom. The minimum atomic E-state index is -2.96. The standard InChI is InChI=1S/C16H13NO2.3C4H9.Sn/c17-11-12-6-8-14(9-7-12)16(19)10-15(18)13-4-2-1-3-5-13;3*1-3-4-2;/h1-10,15,18-19H;3*1,3-4H2,2H3;/q;;;;+1/p-1/b16-10-;;;;. The zero-order chi connectivity index (χ0) is 23.2. The molecule has 0 bridgehead atoms. The molecule has 0 spiro atoms. The Morgan fingerprint density at radius 3 is 1.91 bits per heavy atom. The van der Waals surface area contributed by atoms with E-state index >= 15 is 0 Å². The van der Waals surface area contributed by atoms with Crippen molar-refractivity contribution >= 4 is 24.6 Å². The average molecular weight is 540 g/mol. The molecule has 2 rings (SSSR count). The Kier molecular flexibility index (Phi) is 11.9. The van der Waals surface area contributed by atoms with Gasteiger partial charge in [0, 0.05) is 0 Å². The average Bonchev–Trinajstić information content (AvgIpc) is 2.85. The minimum absolute atomic E-state index is 0.634. The molecule has 0 radical (unpaired) electrons. The van der Waals surface area contributed by atoms with E-state index in [1.54, 1.807) is 0 Å². The van der Waals surface area contributed by atoms with Crippen molar-refractivity contribution < 1.29 is 8.18 Å². The summed E-state index contributed by atoms with van der Waals surface area (Å²) in [6.45, 7) is 6.77. The second-order valence-corrected chi connectivity index (χ2v) is 20.3. The molecule has 0 saturated carbocycles. The number of unbranched alkanes of at least 4 members (excludes halogenated alkanes) is 3. The van der Waals surface area contributed by atoms with Gasteiger partial charge >= 0.3 is 200 Å². The van der Waals surface area contributed by atoms with E-state index in [9.17, 15) is 10.4 Å². The first-order valence-corrected chi connectivity index (χ1v) is 19.4. The molecule has 0 aliphatic heterocycles. The first-order chi connectivity index (χ1) is 15.6. The van der Waals surface area contributed by atoms with E-state index in [-0.39, 0.29) is 0 Å². The maximum absolute atomic E-state index is 11.0. The van der Waals surface area contributed by atoms with Crippen LogP contribution in [-0.4, -0.2) is 23.9 Å². The van der Waals surface area contributed by atoms with Crippen molar-refractivity contribution in [3.63, 3.8) is 0 Å². The molecular weight excluding hydrogens is 501 g/mol. The predicted molar refractivity (Wildman–Crippen MR) is 137 cm³/mol. The summed E-state index contributed by atoms with van der Waals surface area (Å²) in [4.78, 5) is 0. The predicted octanol–water partition coefficient (Wildman–Crippen LogP) is 8.00. The van der Waals surface area contributed by atoms with Crippen LogP contribution in [0.25, 0.3) is 5.76 Å². The Labute approximate surface area is 199 Å². The van der Waals surface area contributed by atoms with Crippen LogP contribution in [0, 0.1) is 11.3 Å². The van der Waals surface area contributed by atoms with Crippen LogP contribution in [0.3, 0.4) is 0 Å². The molecule has 0 aromatic heterocycles. The van der Waals surface area contributed by atoms with E-state index in [4.69, 9.17) is 3.07 Å². The van der Waals surface area contributed by atoms with Crippen LogP contribution < -0.4 is 0 Å². The SMILES string of the molecule is CCC[CH2][Sn]([CH2]CCC)([CH2]CCC)[O]/C(=C\C(O)c1ccccc1)c1ccc(C#N)cc1. The van der Waals surface area contributed by atoms with Gasteiger partial charge in [-0.1, -0.05) is 0 Å². The summed E-state index contributed by atoms with van der Waals surface area (Å²) in [5.74, 6) is 0.796. The summed E-state index contributed by atoms with van der Waals surface area (Å²) < 4.78 is 10.8. The van der Waals surface area contributed by atoms with Crippen molar-refractivity contribution in [2.45, 2.75) is 78.7 Å². The topological polar surface area (TPSA) is 53.2 Å². The van der Waals surface area contributed by atoms with Crippen LogP contribution in [0.4, 0.5) is 0 Å². The van der Waals surface area contributed by atoms with Gasteiger partial charge in [-0.15, -0.1) is 0 Å². The zero-order valence-electron chi connectivity index (χ0n) is 20.0. The number of hydrogen-bond donors (Lipinski definition) is 1. The molecule has 1 unspecified atom stereocenters. The summed E-state index contributed by atoms with van der Waals surface area (Å²) in [5.41, 5.74) is 2.44. The van der Waals surface area contributed by atoms with E-state index in [1.165, 1.54) is 51.8 Å². The molecule has 0 heterocycles. The van der Waals surface area contributed by atoms with Crippen molar-refractivity contribution in [2.24, 2.45) is 0 Å². The molecule has 2 aromatic rings. The first kappa shape index (κ1) is 26.5. The van der Waals surface area contributed by atoms with E-state index in [1.807, 2.05) is 60.7 Å². The van der Waals surface area contributed by atoms with Gasteiger partial charge < -0.3 is 0 Å². The molecule has 0 fully saturated rings. The number of benzene rings is 2. The zero-order valence-corrected chi connectivity index (χ0v) is 22.9. The van der Waals surface area contributed by atoms with Crippen molar-refractivity contribution in [3.05, 3.63) is 77.4 Å². The van der Waals surface area contributed by atoms with Crippen LogP contribution in [0.15, 0.2) is 60.7 Å². The third-order valence-corrected chi connectivity index (χ3v) is 18.7. The second-order valence-electron chi connectivity index (χ2n) is 8.67. The summed E-state index contributed by atoms with van der Waals surface area (Å²) in [6, 6.07) is 19.5. The van der Waals surface area contributed by atoms with Gasteiger partial charge in [0.15, 0.2) is 0 Å². The summed E-state index contributed by atoms with van der Waals surface area (Å²) in [5, 5.41) is 20.2. The Hall–Kier alpha value is -1.77. The van der Waals surface area contributed by atoms with Crippen LogP contribution in [0.5, 0.6) is 0 Å². The van der Waals surface area contributed by atoms with Crippen LogP contribution >= 0.6 is 0 Å². The fourth-order valence-corrected chi connectivity index (χ4v) is 17.5. The quantitative estimate of drug-likeness (QED) is 0.195. The van der Waals surface area contributed by atoms with Crippen molar-refractivity contribution in [1.82, 2.24) is 0 Å². The fraction of sp³-hybridized carbons (Fsp3) is 0.464. The van der Waals surface area contributed by atoms with Crippen LogP contribution in [0.1, 0.15) is 82.1 Å². The number of hydrogen-bond acceptors (Lipinski definition) is 3. The second kappa shape index (κ2) is 14.4. The van der Waals surface area contributed by atoms with Gasteiger partial charge in [0.05, 0.1) is 0 Å². The number of rotatable bonds is 14. The fourth-order valence-electron chi connectivity index (χ4n) is 4.05. The normalized spacial score (nSPS) is 12.9. The maximum atomic E-state index is 11.0. The Morgan fingerprint density at radius 1 is 0.906 bits per heavy atom. The summed E-state index contributed by atoms with van der Waals surface area (Å²) >= 11 is -2.96. The monoisotopic (exact) mass is 541 g/mol. The molecule has 1 atom stereocenters. The molecular formula is C28H39NO2Sn. The number of nitriles is 1.